The molecule has 0 fully saturated rings. The molecule has 0 saturated carbocycles. The van der Waals surface area contributed by atoms with E-state index in [1.165, 1.54) is 5.56 Å². The van der Waals surface area contributed by atoms with Gasteiger partial charge in [0.25, 0.3) is 0 Å². The summed E-state index contributed by atoms with van der Waals surface area (Å²) in [6.07, 6.45) is 0. The topological polar surface area (TPSA) is 35.2 Å². The van der Waals surface area contributed by atoms with Crippen LogP contribution in [0.1, 0.15) is 11.1 Å². The van der Waals surface area contributed by atoms with E-state index in [2.05, 4.69) is 15.9 Å². The third kappa shape index (κ3) is 1.62. The minimum absolute atomic E-state index is 0.531. The van der Waals surface area contributed by atoms with Crippen molar-refractivity contribution in [1.82, 2.24) is 0 Å². The zero-order chi connectivity index (χ0) is 9.14. The Morgan fingerprint density at radius 2 is 2.17 bits per heavy atom. The molecule has 0 unspecified atom stereocenters. The van der Waals surface area contributed by atoms with Crippen LogP contribution in [0.3, 0.4) is 0 Å². The van der Waals surface area contributed by atoms with Crippen LogP contribution in [0.25, 0.3) is 0 Å². The molecule has 0 aromatic heterocycles. The second-order valence-electron chi connectivity index (χ2n) is 2.58. The third-order valence-corrected chi connectivity index (χ3v) is 2.74. The molecule has 0 saturated heterocycles. The maximum absolute atomic E-state index is 5.59. The Bertz CT molecular complexity index is 286. The van der Waals surface area contributed by atoms with Gasteiger partial charge in [-0.05, 0) is 40.0 Å². The Balaban J connectivity index is 3.24. The number of benzene rings is 1. The van der Waals surface area contributed by atoms with E-state index in [0.29, 0.717) is 6.54 Å². The van der Waals surface area contributed by atoms with E-state index in [9.17, 15) is 0 Å². The highest BCUT2D eigenvalue weighted by molar-refractivity contribution is 9.10. The summed E-state index contributed by atoms with van der Waals surface area (Å²) >= 11 is 3.45. The summed E-state index contributed by atoms with van der Waals surface area (Å²) in [5.41, 5.74) is 7.88. The van der Waals surface area contributed by atoms with Crippen LogP contribution >= 0.6 is 15.9 Å². The van der Waals surface area contributed by atoms with Crippen LogP contribution in [0.2, 0.25) is 0 Å². The summed E-state index contributed by atoms with van der Waals surface area (Å²) in [4.78, 5) is 0. The Kier molecular flexibility index (Phi) is 3.12. The lowest BCUT2D eigenvalue weighted by Gasteiger charge is -2.09. The van der Waals surface area contributed by atoms with Gasteiger partial charge in [-0.15, -0.1) is 0 Å². The van der Waals surface area contributed by atoms with Gasteiger partial charge in [0.2, 0.25) is 0 Å². The molecule has 0 heterocycles. The summed E-state index contributed by atoms with van der Waals surface area (Å²) in [5.74, 6) is 0.834. The molecule has 0 aliphatic heterocycles. The van der Waals surface area contributed by atoms with Gasteiger partial charge in [-0.1, -0.05) is 6.07 Å². The molecule has 0 bridgehead atoms. The van der Waals surface area contributed by atoms with Crippen molar-refractivity contribution in [3.63, 3.8) is 0 Å². The standard InChI is InChI=1S/C9H12BrNO/c1-6-3-4-8(12-2)9(10)7(6)5-11/h3-4H,5,11H2,1-2H3. The van der Waals surface area contributed by atoms with E-state index < -0.39 is 0 Å². The fraction of sp³-hybridized carbons (Fsp3) is 0.333. The van der Waals surface area contributed by atoms with Crippen LogP contribution in [0.15, 0.2) is 16.6 Å². The average molecular weight is 230 g/mol. The van der Waals surface area contributed by atoms with Crippen molar-refractivity contribution < 1.29 is 4.74 Å². The van der Waals surface area contributed by atoms with Gasteiger partial charge in [0.05, 0.1) is 11.6 Å². The molecule has 0 atom stereocenters. The molecule has 0 amide bonds. The normalized spacial score (nSPS) is 10.0. The predicted octanol–water partition coefficient (Wildman–Crippen LogP) is 2.22. The van der Waals surface area contributed by atoms with Crippen molar-refractivity contribution in [2.45, 2.75) is 13.5 Å². The monoisotopic (exact) mass is 229 g/mol. The summed E-state index contributed by atoms with van der Waals surface area (Å²) in [6.45, 7) is 2.57. The molecule has 0 aliphatic rings. The number of rotatable bonds is 2. The second-order valence-corrected chi connectivity index (χ2v) is 3.37. The Hall–Kier alpha value is -0.540. The van der Waals surface area contributed by atoms with Gasteiger partial charge in [0.15, 0.2) is 0 Å². The maximum Gasteiger partial charge on any atom is 0.133 e. The van der Waals surface area contributed by atoms with E-state index in [0.717, 1.165) is 15.8 Å². The van der Waals surface area contributed by atoms with Crippen LogP contribution in [-0.2, 0) is 6.54 Å². The van der Waals surface area contributed by atoms with Crippen molar-refractivity contribution in [3.05, 3.63) is 27.7 Å². The smallest absolute Gasteiger partial charge is 0.133 e. The molecule has 66 valence electrons. The van der Waals surface area contributed by atoms with Crippen molar-refractivity contribution in [1.29, 1.82) is 0 Å². The number of nitrogens with two attached hydrogens (primary N) is 1. The highest BCUT2D eigenvalue weighted by atomic mass is 79.9. The number of aryl methyl sites for hydroxylation is 1. The Morgan fingerprint density at radius 3 is 2.67 bits per heavy atom. The van der Waals surface area contributed by atoms with E-state index in [4.69, 9.17) is 10.5 Å². The van der Waals surface area contributed by atoms with E-state index >= 15 is 0 Å². The molecular weight excluding hydrogens is 218 g/mol. The van der Waals surface area contributed by atoms with E-state index in [1.807, 2.05) is 19.1 Å². The molecule has 1 rings (SSSR count). The van der Waals surface area contributed by atoms with Gasteiger partial charge in [0, 0.05) is 6.54 Å². The maximum atomic E-state index is 5.59. The summed E-state index contributed by atoms with van der Waals surface area (Å²) in [5, 5.41) is 0. The summed E-state index contributed by atoms with van der Waals surface area (Å²) in [7, 11) is 1.65. The molecule has 3 heteroatoms. The van der Waals surface area contributed by atoms with Crippen LogP contribution in [0.4, 0.5) is 0 Å². The molecular formula is C9H12BrNO. The number of hydrogen-bond donors (Lipinski definition) is 1. The highest BCUT2D eigenvalue weighted by Gasteiger charge is 2.06. The van der Waals surface area contributed by atoms with Gasteiger partial charge in [0.1, 0.15) is 5.75 Å². The van der Waals surface area contributed by atoms with Gasteiger partial charge >= 0.3 is 0 Å². The highest BCUT2D eigenvalue weighted by Crippen LogP contribution is 2.30. The van der Waals surface area contributed by atoms with Gasteiger partial charge in [-0.25, -0.2) is 0 Å². The van der Waals surface area contributed by atoms with Gasteiger partial charge < -0.3 is 10.5 Å². The van der Waals surface area contributed by atoms with Crippen molar-refractivity contribution in [2.24, 2.45) is 5.73 Å². The van der Waals surface area contributed by atoms with E-state index in [-0.39, 0.29) is 0 Å². The molecule has 0 radical (unpaired) electrons. The SMILES string of the molecule is COc1ccc(C)c(CN)c1Br. The lowest BCUT2D eigenvalue weighted by molar-refractivity contribution is 0.411. The molecule has 0 spiro atoms. The molecule has 12 heavy (non-hydrogen) atoms. The zero-order valence-corrected chi connectivity index (χ0v) is 8.81. The van der Waals surface area contributed by atoms with Crippen molar-refractivity contribution in [2.75, 3.05) is 7.11 Å². The van der Waals surface area contributed by atoms with Crippen LogP contribution < -0.4 is 10.5 Å². The Morgan fingerprint density at radius 1 is 1.50 bits per heavy atom. The first kappa shape index (κ1) is 9.55. The van der Waals surface area contributed by atoms with Crippen molar-refractivity contribution >= 4 is 15.9 Å². The van der Waals surface area contributed by atoms with E-state index in [1.54, 1.807) is 7.11 Å². The van der Waals surface area contributed by atoms with Gasteiger partial charge in [-0.3, -0.25) is 0 Å². The van der Waals surface area contributed by atoms with Crippen molar-refractivity contribution in [3.8, 4) is 5.75 Å². The predicted molar refractivity (Wildman–Crippen MR) is 53.3 cm³/mol. The third-order valence-electron chi connectivity index (χ3n) is 1.87. The lowest BCUT2D eigenvalue weighted by atomic mass is 10.1. The molecule has 2 N–H and O–H groups in total. The minimum atomic E-state index is 0.531. The molecule has 2 nitrogen and oxygen atoms in total. The van der Waals surface area contributed by atoms with Crippen LogP contribution in [0.5, 0.6) is 5.75 Å². The largest absolute Gasteiger partial charge is 0.496 e. The number of hydrogen-bond acceptors (Lipinski definition) is 2. The lowest BCUT2D eigenvalue weighted by Crippen LogP contribution is -2.01. The van der Waals surface area contributed by atoms with Crippen LogP contribution in [0, 0.1) is 6.92 Å². The summed E-state index contributed by atoms with van der Waals surface area (Å²) < 4.78 is 6.11. The second kappa shape index (κ2) is 3.92. The molecule has 0 aliphatic carbocycles. The Labute approximate surface area is 80.8 Å². The summed E-state index contributed by atoms with van der Waals surface area (Å²) in [6, 6.07) is 3.93. The quantitative estimate of drug-likeness (QED) is 0.845. The molecule has 1 aromatic rings. The first-order valence-corrected chi connectivity index (χ1v) is 4.52. The number of ether oxygens (including phenoxy) is 1. The number of halogens is 1. The molecule has 1 aromatic carbocycles. The first-order valence-electron chi connectivity index (χ1n) is 3.72. The minimum Gasteiger partial charge on any atom is -0.496 e. The van der Waals surface area contributed by atoms with Gasteiger partial charge in [-0.2, -0.15) is 0 Å². The average Bonchev–Trinajstić information content (AvgIpc) is 2.06. The first-order chi connectivity index (χ1) is 5.70. The van der Waals surface area contributed by atoms with Crippen LogP contribution in [-0.4, -0.2) is 7.11 Å². The number of methoxy groups -OCH3 is 1. The fourth-order valence-electron chi connectivity index (χ4n) is 1.10. The fourth-order valence-corrected chi connectivity index (χ4v) is 1.87. The zero-order valence-electron chi connectivity index (χ0n) is 7.23.